The van der Waals surface area contributed by atoms with E-state index in [0.717, 1.165) is 51.4 Å². The predicted molar refractivity (Wildman–Crippen MR) is 183 cm³/mol. The van der Waals surface area contributed by atoms with Crippen LogP contribution in [-0.2, 0) is 38.7 Å². The molecule has 272 valence electrons. The van der Waals surface area contributed by atoms with Crippen LogP contribution in [0.3, 0.4) is 0 Å². The third-order valence-electron chi connectivity index (χ3n) is 8.15. The number of carbonyl (C=O) groups is 4. The number of nitrogens with two attached hydrogens (primary N) is 2. The van der Waals surface area contributed by atoms with Crippen LogP contribution in [0.4, 0.5) is 0 Å². The summed E-state index contributed by atoms with van der Waals surface area (Å²) < 4.78 is 0. The molecular formula is C36H70N4O6Zn. The summed E-state index contributed by atoms with van der Waals surface area (Å²) >= 11 is 0. The standard InChI is InChI=1S/2C18H36N2O3.Zn/c2*1-2-3-4-5-6-7-8-9-10-14-17(21)20-16(18(22)23)13-11-12-15-19;/h2*16H,2-15,19H2,1H3,(H,20,21)(H,22,23);/q;;+2/p-2/t2*16-;/m00./s1. The molecule has 0 unspecified atom stereocenters. The zero-order valence-corrected chi connectivity index (χ0v) is 33.2. The summed E-state index contributed by atoms with van der Waals surface area (Å²) in [7, 11) is 0. The van der Waals surface area contributed by atoms with Gasteiger partial charge in [-0.1, -0.05) is 117 Å². The van der Waals surface area contributed by atoms with Gasteiger partial charge >= 0.3 is 19.5 Å². The summed E-state index contributed by atoms with van der Waals surface area (Å²) in [6.45, 7) is 5.50. The van der Waals surface area contributed by atoms with Gasteiger partial charge in [-0.15, -0.1) is 0 Å². The first kappa shape index (κ1) is 49.8. The average Bonchev–Trinajstić information content (AvgIpc) is 3.02. The van der Waals surface area contributed by atoms with Crippen LogP contribution in [0.25, 0.3) is 0 Å². The number of rotatable bonds is 32. The van der Waals surface area contributed by atoms with Gasteiger partial charge in [-0.05, 0) is 64.5 Å². The quantitative estimate of drug-likeness (QED) is 0.0575. The van der Waals surface area contributed by atoms with Gasteiger partial charge in [0.2, 0.25) is 11.8 Å². The first-order valence-electron chi connectivity index (χ1n) is 18.6. The molecule has 0 bridgehead atoms. The molecule has 0 aliphatic carbocycles. The number of amides is 2. The molecule has 11 heteroatoms. The van der Waals surface area contributed by atoms with Crippen LogP contribution < -0.4 is 32.3 Å². The topological polar surface area (TPSA) is 190 Å². The van der Waals surface area contributed by atoms with Gasteiger partial charge in [-0.25, -0.2) is 0 Å². The minimum atomic E-state index is -1.21. The van der Waals surface area contributed by atoms with Crippen LogP contribution in [0.1, 0.15) is 181 Å². The fourth-order valence-electron chi connectivity index (χ4n) is 5.21. The van der Waals surface area contributed by atoms with Gasteiger partial charge < -0.3 is 41.9 Å². The Bertz CT molecular complexity index is 684. The minimum Gasteiger partial charge on any atom is -0.548 e. The van der Waals surface area contributed by atoms with Crippen molar-refractivity contribution >= 4 is 23.8 Å². The summed E-state index contributed by atoms with van der Waals surface area (Å²) in [5, 5.41) is 27.1. The second-order valence-electron chi connectivity index (χ2n) is 12.6. The normalized spacial score (nSPS) is 11.8. The van der Waals surface area contributed by atoms with E-state index in [-0.39, 0.29) is 31.3 Å². The summed E-state index contributed by atoms with van der Waals surface area (Å²) in [6, 6.07) is -1.76. The molecule has 0 aromatic rings. The van der Waals surface area contributed by atoms with Gasteiger partial charge in [0.25, 0.3) is 0 Å². The second-order valence-corrected chi connectivity index (χ2v) is 12.6. The van der Waals surface area contributed by atoms with Gasteiger partial charge in [0.15, 0.2) is 0 Å². The van der Waals surface area contributed by atoms with Gasteiger partial charge in [-0.2, -0.15) is 0 Å². The molecule has 2 amide bonds. The fourth-order valence-corrected chi connectivity index (χ4v) is 5.21. The maximum Gasteiger partial charge on any atom is 2.00 e. The molecule has 0 heterocycles. The van der Waals surface area contributed by atoms with Crippen molar-refractivity contribution in [2.45, 2.75) is 193 Å². The molecule has 0 rings (SSSR count). The SMILES string of the molecule is CCCCCCCCCCCC(=O)N[C@@H](CCCCN)C(=O)[O-].CCCCCCCCCCCC(=O)N[C@@H](CCCCN)C(=O)[O-].[Zn+2]. The Morgan fingerprint density at radius 2 is 0.745 bits per heavy atom. The van der Waals surface area contributed by atoms with Crippen LogP contribution in [0.15, 0.2) is 0 Å². The molecule has 0 aromatic carbocycles. The van der Waals surface area contributed by atoms with E-state index in [0.29, 0.717) is 51.6 Å². The molecule has 47 heavy (non-hydrogen) atoms. The van der Waals surface area contributed by atoms with Gasteiger partial charge in [0.05, 0.1) is 24.0 Å². The Morgan fingerprint density at radius 3 is 1.00 bits per heavy atom. The Morgan fingerprint density at radius 1 is 0.468 bits per heavy atom. The van der Waals surface area contributed by atoms with E-state index in [1.807, 2.05) is 0 Å². The molecular weight excluding hydrogens is 650 g/mol. The molecule has 0 aromatic heterocycles. The molecule has 0 fully saturated rings. The smallest absolute Gasteiger partial charge is 0.548 e. The number of aliphatic carboxylic acids is 2. The Balaban J connectivity index is -0.000000807. The maximum absolute atomic E-state index is 11.8. The molecule has 2 atom stereocenters. The van der Waals surface area contributed by atoms with E-state index in [4.69, 9.17) is 11.5 Å². The number of hydrogen-bond donors (Lipinski definition) is 4. The van der Waals surface area contributed by atoms with Crippen LogP contribution in [0.5, 0.6) is 0 Å². The number of unbranched alkanes of at least 4 members (excludes halogenated alkanes) is 18. The Hall–Kier alpha value is -1.58. The largest absolute Gasteiger partial charge is 2.00 e. The van der Waals surface area contributed by atoms with Crippen molar-refractivity contribution in [2.75, 3.05) is 13.1 Å². The maximum atomic E-state index is 11.8. The molecule has 0 spiro atoms. The van der Waals surface area contributed by atoms with Crippen molar-refractivity contribution < 1.29 is 48.9 Å². The van der Waals surface area contributed by atoms with Crippen molar-refractivity contribution in [2.24, 2.45) is 11.5 Å². The summed E-state index contributed by atoms with van der Waals surface area (Å²) in [6.07, 6.45) is 26.0. The summed E-state index contributed by atoms with van der Waals surface area (Å²) in [5.74, 6) is -2.78. The number of carbonyl (C=O) groups excluding carboxylic acids is 4. The van der Waals surface area contributed by atoms with Crippen LogP contribution in [-0.4, -0.2) is 48.9 Å². The zero-order valence-electron chi connectivity index (χ0n) is 30.3. The number of carboxylic acid groups (broad SMARTS) is 2. The molecule has 0 radical (unpaired) electrons. The minimum absolute atomic E-state index is 0. The van der Waals surface area contributed by atoms with E-state index in [9.17, 15) is 29.4 Å². The third kappa shape index (κ3) is 37.1. The van der Waals surface area contributed by atoms with E-state index in [1.54, 1.807) is 0 Å². The molecule has 0 saturated carbocycles. The van der Waals surface area contributed by atoms with Crippen LogP contribution >= 0.6 is 0 Å². The van der Waals surface area contributed by atoms with E-state index in [1.165, 1.54) is 77.0 Å². The van der Waals surface area contributed by atoms with Crippen molar-refractivity contribution in [3.63, 3.8) is 0 Å². The van der Waals surface area contributed by atoms with E-state index in [2.05, 4.69) is 24.5 Å². The average molecular weight is 720 g/mol. The fraction of sp³-hybridized carbons (Fsp3) is 0.889. The van der Waals surface area contributed by atoms with E-state index < -0.39 is 24.0 Å². The van der Waals surface area contributed by atoms with Crippen molar-refractivity contribution in [1.82, 2.24) is 10.6 Å². The Labute approximate surface area is 299 Å². The van der Waals surface area contributed by atoms with Gasteiger partial charge in [0.1, 0.15) is 0 Å². The predicted octanol–water partition coefficient (Wildman–Crippen LogP) is 4.54. The molecule has 0 saturated heterocycles. The first-order chi connectivity index (χ1) is 22.2. The molecule has 10 nitrogen and oxygen atoms in total. The first-order valence-corrected chi connectivity index (χ1v) is 18.6. The summed E-state index contributed by atoms with van der Waals surface area (Å²) in [5.41, 5.74) is 10.8. The number of hydrogen-bond acceptors (Lipinski definition) is 8. The molecule has 0 aliphatic rings. The van der Waals surface area contributed by atoms with E-state index >= 15 is 0 Å². The van der Waals surface area contributed by atoms with Crippen LogP contribution in [0.2, 0.25) is 0 Å². The van der Waals surface area contributed by atoms with Crippen molar-refractivity contribution in [3.05, 3.63) is 0 Å². The van der Waals surface area contributed by atoms with Crippen molar-refractivity contribution in [3.8, 4) is 0 Å². The van der Waals surface area contributed by atoms with Gasteiger partial charge in [-0.3, -0.25) is 9.59 Å². The third-order valence-corrected chi connectivity index (χ3v) is 8.15. The Kier molecular flexibility index (Phi) is 41.2. The van der Waals surface area contributed by atoms with Crippen LogP contribution in [0, 0.1) is 0 Å². The molecule has 0 aliphatic heterocycles. The number of nitrogens with one attached hydrogen (secondary N) is 2. The van der Waals surface area contributed by atoms with Crippen molar-refractivity contribution in [1.29, 1.82) is 0 Å². The molecule has 6 N–H and O–H groups in total. The van der Waals surface area contributed by atoms with Gasteiger partial charge in [0, 0.05) is 12.8 Å². The summed E-state index contributed by atoms with van der Waals surface area (Å²) in [4.78, 5) is 45.5. The number of carboxylic acids is 2. The zero-order chi connectivity index (χ0) is 34.7. The monoisotopic (exact) mass is 718 g/mol. The second kappa shape index (κ2) is 38.9.